The second-order valence-electron chi connectivity index (χ2n) is 3.32. The van der Waals surface area contributed by atoms with Crippen LogP contribution in [0.3, 0.4) is 0 Å². The van der Waals surface area contributed by atoms with Crippen molar-refractivity contribution in [1.29, 1.82) is 0 Å². The zero-order valence-corrected chi connectivity index (χ0v) is 8.93. The van der Waals surface area contributed by atoms with Crippen molar-refractivity contribution in [2.75, 3.05) is 26.4 Å². The Morgan fingerprint density at radius 1 is 1.23 bits per heavy atom. The molecule has 2 nitrogen and oxygen atoms in total. The Hall–Kier alpha value is -0.670. The van der Waals surface area contributed by atoms with Gasteiger partial charge in [0.1, 0.15) is 0 Å². The van der Waals surface area contributed by atoms with Gasteiger partial charge in [0.2, 0.25) is 0 Å². The molecule has 1 N–H and O–H groups in total. The molecule has 1 aromatic carbocycles. The van der Waals surface area contributed by atoms with Gasteiger partial charge in [0.05, 0.1) is 37.2 Å². The topological polar surface area (TPSA) is 21.5 Å². The lowest BCUT2D eigenvalue weighted by atomic mass is 10.4. The lowest BCUT2D eigenvalue weighted by Crippen LogP contribution is -3.06. The van der Waals surface area contributed by atoms with E-state index in [0.29, 0.717) is 0 Å². The average Bonchev–Trinajstić information content (AvgIpc) is 2.15. The van der Waals surface area contributed by atoms with Crippen LogP contribution in [0.5, 0.6) is 0 Å². The van der Waals surface area contributed by atoms with E-state index in [2.05, 4.69) is 14.1 Å². The molecule has 0 saturated heterocycles. The molecule has 0 bridgehead atoms. The summed E-state index contributed by atoms with van der Waals surface area (Å²) in [6, 6.07) is 9.63. The first kappa shape index (κ1) is 10.4. The fourth-order valence-corrected chi connectivity index (χ4v) is 2.28. The highest BCUT2D eigenvalue weighted by molar-refractivity contribution is 7.85. The number of quaternary nitrogens is 1. The summed E-state index contributed by atoms with van der Waals surface area (Å²) < 4.78 is 11.6. The van der Waals surface area contributed by atoms with Gasteiger partial charge < -0.3 is 4.90 Å². The van der Waals surface area contributed by atoms with Crippen LogP contribution in [-0.2, 0) is 10.8 Å². The van der Waals surface area contributed by atoms with Gasteiger partial charge in [-0.1, -0.05) is 18.2 Å². The van der Waals surface area contributed by atoms with Gasteiger partial charge in [-0.2, -0.15) is 0 Å². The molecule has 0 amide bonds. The van der Waals surface area contributed by atoms with Crippen LogP contribution in [0.2, 0.25) is 0 Å². The summed E-state index contributed by atoms with van der Waals surface area (Å²) in [5.74, 6) is 0.742. The van der Waals surface area contributed by atoms with E-state index in [-0.39, 0.29) is 0 Å². The van der Waals surface area contributed by atoms with Crippen LogP contribution in [0.25, 0.3) is 0 Å². The van der Waals surface area contributed by atoms with Crippen molar-refractivity contribution in [3.63, 3.8) is 0 Å². The van der Waals surface area contributed by atoms with Gasteiger partial charge in [-0.15, -0.1) is 0 Å². The van der Waals surface area contributed by atoms with Gasteiger partial charge in [-0.05, 0) is 12.1 Å². The van der Waals surface area contributed by atoms with Crippen molar-refractivity contribution < 1.29 is 9.11 Å². The SMILES string of the molecule is C[NH+](C)CCS(=O)c1ccccc1. The molecule has 0 aromatic heterocycles. The Morgan fingerprint density at radius 3 is 2.38 bits per heavy atom. The minimum absolute atomic E-state index is 0.742. The van der Waals surface area contributed by atoms with Gasteiger partial charge >= 0.3 is 0 Å². The van der Waals surface area contributed by atoms with Crippen molar-refractivity contribution in [2.45, 2.75) is 4.90 Å². The zero-order chi connectivity index (χ0) is 9.68. The van der Waals surface area contributed by atoms with Crippen LogP contribution in [0.15, 0.2) is 35.2 Å². The van der Waals surface area contributed by atoms with Crippen molar-refractivity contribution in [1.82, 2.24) is 0 Å². The summed E-state index contributed by atoms with van der Waals surface area (Å²) in [4.78, 5) is 2.27. The highest BCUT2D eigenvalue weighted by atomic mass is 32.2. The van der Waals surface area contributed by atoms with Crippen LogP contribution in [0, 0.1) is 0 Å². The number of benzene rings is 1. The molecule has 0 aliphatic rings. The van der Waals surface area contributed by atoms with E-state index >= 15 is 0 Å². The molecule has 0 saturated carbocycles. The van der Waals surface area contributed by atoms with Gasteiger partial charge in [-0.3, -0.25) is 4.21 Å². The van der Waals surface area contributed by atoms with E-state index < -0.39 is 10.8 Å². The third-order valence-corrected chi connectivity index (χ3v) is 3.17. The first-order valence-corrected chi connectivity index (χ1v) is 5.74. The number of hydrogen-bond donors (Lipinski definition) is 1. The van der Waals surface area contributed by atoms with Crippen LogP contribution in [-0.4, -0.2) is 30.6 Å². The second-order valence-corrected chi connectivity index (χ2v) is 4.89. The molecular weight excluding hydrogens is 182 g/mol. The summed E-state index contributed by atoms with van der Waals surface area (Å²) in [6.07, 6.45) is 0. The fourth-order valence-electron chi connectivity index (χ4n) is 0.987. The van der Waals surface area contributed by atoms with Crippen molar-refractivity contribution in [3.05, 3.63) is 30.3 Å². The Labute approximate surface area is 82.0 Å². The minimum atomic E-state index is -0.825. The van der Waals surface area contributed by atoms with E-state index in [9.17, 15) is 4.21 Å². The monoisotopic (exact) mass is 198 g/mol. The largest absolute Gasteiger partial charge is 0.339 e. The summed E-state index contributed by atoms with van der Waals surface area (Å²) in [5.41, 5.74) is 0. The maximum Gasteiger partial charge on any atom is 0.0887 e. The summed E-state index contributed by atoms with van der Waals surface area (Å²) in [7, 11) is 3.32. The highest BCUT2D eigenvalue weighted by Crippen LogP contribution is 2.03. The molecule has 1 aromatic rings. The number of nitrogens with one attached hydrogen (secondary N) is 1. The van der Waals surface area contributed by atoms with E-state index in [1.807, 2.05) is 30.3 Å². The maximum atomic E-state index is 11.6. The predicted octanol–water partition coefficient (Wildman–Crippen LogP) is -0.0613. The van der Waals surface area contributed by atoms with E-state index in [4.69, 9.17) is 0 Å². The van der Waals surface area contributed by atoms with Crippen LogP contribution in [0.4, 0.5) is 0 Å². The van der Waals surface area contributed by atoms with Crippen LogP contribution >= 0.6 is 0 Å². The van der Waals surface area contributed by atoms with Crippen LogP contribution < -0.4 is 4.90 Å². The molecule has 0 aliphatic carbocycles. The van der Waals surface area contributed by atoms with Gasteiger partial charge in [-0.25, -0.2) is 0 Å². The molecule has 0 heterocycles. The molecule has 1 rings (SSSR count). The van der Waals surface area contributed by atoms with Gasteiger partial charge in [0.15, 0.2) is 0 Å². The predicted molar refractivity (Wildman–Crippen MR) is 55.4 cm³/mol. The van der Waals surface area contributed by atoms with Gasteiger partial charge in [0, 0.05) is 4.90 Å². The Kier molecular flexibility index (Phi) is 4.12. The normalized spacial score (nSPS) is 13.2. The number of rotatable bonds is 4. The Morgan fingerprint density at radius 2 is 1.85 bits per heavy atom. The fraction of sp³-hybridized carbons (Fsp3) is 0.400. The van der Waals surface area contributed by atoms with Crippen molar-refractivity contribution >= 4 is 10.8 Å². The summed E-state index contributed by atoms with van der Waals surface area (Å²) in [6.45, 7) is 0.946. The van der Waals surface area contributed by atoms with E-state index in [1.54, 1.807) is 0 Å². The molecule has 0 aliphatic heterocycles. The zero-order valence-electron chi connectivity index (χ0n) is 8.12. The minimum Gasteiger partial charge on any atom is -0.339 e. The summed E-state index contributed by atoms with van der Waals surface area (Å²) in [5, 5.41) is 0. The maximum absolute atomic E-state index is 11.6. The Balaban J connectivity index is 2.50. The standard InChI is InChI=1S/C10H15NOS/c1-11(2)8-9-13(12)10-6-4-3-5-7-10/h3-7H,8-9H2,1-2H3/p+1. The lowest BCUT2D eigenvalue weighted by Gasteiger charge is -2.06. The second kappa shape index (κ2) is 5.14. The van der Waals surface area contributed by atoms with Crippen LogP contribution in [0.1, 0.15) is 0 Å². The molecule has 0 radical (unpaired) electrons. The highest BCUT2D eigenvalue weighted by Gasteiger charge is 2.04. The molecule has 13 heavy (non-hydrogen) atoms. The van der Waals surface area contributed by atoms with Gasteiger partial charge in [0.25, 0.3) is 0 Å². The first-order valence-electron chi connectivity index (χ1n) is 4.42. The molecular formula is C10H16NOS+. The Bertz CT molecular complexity index is 272. The third-order valence-electron chi connectivity index (χ3n) is 1.79. The smallest absolute Gasteiger partial charge is 0.0887 e. The summed E-state index contributed by atoms with van der Waals surface area (Å²) >= 11 is 0. The molecule has 0 fully saturated rings. The lowest BCUT2D eigenvalue weighted by molar-refractivity contribution is -0.855. The molecule has 1 atom stereocenters. The number of hydrogen-bond acceptors (Lipinski definition) is 1. The molecule has 72 valence electrons. The molecule has 1 unspecified atom stereocenters. The van der Waals surface area contributed by atoms with Crippen molar-refractivity contribution in [3.8, 4) is 0 Å². The van der Waals surface area contributed by atoms with Crippen molar-refractivity contribution in [2.24, 2.45) is 0 Å². The third kappa shape index (κ3) is 3.70. The van der Waals surface area contributed by atoms with E-state index in [0.717, 1.165) is 17.2 Å². The molecule has 3 heteroatoms. The average molecular weight is 198 g/mol. The first-order chi connectivity index (χ1) is 6.20. The van der Waals surface area contributed by atoms with E-state index in [1.165, 1.54) is 4.90 Å². The quantitative estimate of drug-likeness (QED) is 0.719. The molecule has 0 spiro atoms.